The average Bonchev–Trinajstić information content (AvgIpc) is 2.63. The van der Waals surface area contributed by atoms with Gasteiger partial charge >= 0.3 is 0 Å². The zero-order valence-electron chi connectivity index (χ0n) is 17.9. The minimum Gasteiger partial charge on any atom is -0.393 e. The number of benzene rings is 1. The van der Waals surface area contributed by atoms with Gasteiger partial charge < -0.3 is 26.0 Å². The molecule has 1 saturated heterocycles. The van der Waals surface area contributed by atoms with Gasteiger partial charge in [0, 0.05) is 25.2 Å². The number of halogens is 1. The van der Waals surface area contributed by atoms with Crippen LogP contribution in [0.15, 0.2) is 23.2 Å². The molecule has 1 amide bonds. The Morgan fingerprint density at radius 2 is 1.97 bits per heavy atom. The van der Waals surface area contributed by atoms with Gasteiger partial charge in [-0.15, -0.1) is 0 Å². The lowest BCUT2D eigenvalue weighted by Gasteiger charge is -2.31. The number of hydrogen-bond acceptors (Lipinski definition) is 4. The molecule has 1 aliphatic heterocycles. The van der Waals surface area contributed by atoms with Gasteiger partial charge in [-0.05, 0) is 58.2 Å². The van der Waals surface area contributed by atoms with E-state index in [1.54, 1.807) is 6.07 Å². The molecule has 8 heteroatoms. The Labute approximate surface area is 172 Å². The molecule has 1 heterocycles. The first-order chi connectivity index (χ1) is 13.7. The molecule has 4 N–H and O–H groups in total. The third-order valence-electron chi connectivity index (χ3n) is 4.51. The third-order valence-corrected chi connectivity index (χ3v) is 4.51. The van der Waals surface area contributed by atoms with Gasteiger partial charge in [-0.3, -0.25) is 4.79 Å². The summed E-state index contributed by atoms with van der Waals surface area (Å²) in [6.07, 6.45) is 1.03. The van der Waals surface area contributed by atoms with E-state index < -0.39 is 0 Å². The average molecular weight is 408 g/mol. The second-order valence-corrected chi connectivity index (χ2v) is 8.35. The number of aliphatic hydroxyl groups excluding tert-OH is 1. The highest BCUT2D eigenvalue weighted by molar-refractivity contribution is 5.86. The maximum Gasteiger partial charge on any atom is 0.239 e. The van der Waals surface area contributed by atoms with Crippen LogP contribution in [0.1, 0.15) is 46.1 Å². The molecule has 0 atom stereocenters. The second kappa shape index (κ2) is 10.4. The lowest BCUT2D eigenvalue weighted by molar-refractivity contribution is -0.121. The lowest BCUT2D eigenvalue weighted by atomic mass is 10.1. The topological polar surface area (TPSA) is 89.0 Å². The first-order valence-corrected chi connectivity index (χ1v) is 10.2. The molecular formula is C21H34FN5O2. The van der Waals surface area contributed by atoms with E-state index in [1.165, 1.54) is 6.07 Å². The van der Waals surface area contributed by atoms with Crippen LogP contribution < -0.4 is 20.9 Å². The highest BCUT2D eigenvalue weighted by Crippen LogP contribution is 2.24. The summed E-state index contributed by atoms with van der Waals surface area (Å²) in [5.74, 6) is 0.104. The van der Waals surface area contributed by atoms with Crippen molar-refractivity contribution in [2.75, 3.05) is 31.1 Å². The van der Waals surface area contributed by atoms with Crippen molar-refractivity contribution in [3.63, 3.8) is 0 Å². The summed E-state index contributed by atoms with van der Waals surface area (Å²) in [6, 6.07) is 5.14. The largest absolute Gasteiger partial charge is 0.393 e. The fourth-order valence-electron chi connectivity index (χ4n) is 3.15. The Kier molecular flexibility index (Phi) is 8.25. The Bertz CT molecular complexity index is 710. The molecule has 7 nitrogen and oxygen atoms in total. The number of carbonyl (C=O) groups excluding carboxylic acids is 1. The van der Waals surface area contributed by atoms with E-state index in [1.807, 2.05) is 38.7 Å². The summed E-state index contributed by atoms with van der Waals surface area (Å²) < 4.78 is 14.6. The molecule has 1 aromatic rings. The Hall–Kier alpha value is -2.35. The normalized spacial score (nSPS) is 15.9. The van der Waals surface area contributed by atoms with Crippen molar-refractivity contribution in [1.82, 2.24) is 16.0 Å². The molecule has 0 spiro atoms. The smallest absolute Gasteiger partial charge is 0.239 e. The van der Waals surface area contributed by atoms with Crippen LogP contribution in [0.25, 0.3) is 0 Å². The molecule has 1 fully saturated rings. The van der Waals surface area contributed by atoms with Gasteiger partial charge in [-0.2, -0.15) is 0 Å². The number of aliphatic imine (C=N–C) groups is 1. The van der Waals surface area contributed by atoms with E-state index in [9.17, 15) is 14.3 Å². The summed E-state index contributed by atoms with van der Waals surface area (Å²) in [5.41, 5.74) is 1.02. The summed E-state index contributed by atoms with van der Waals surface area (Å²) in [4.78, 5) is 18.4. The molecule has 0 bridgehead atoms. The predicted octanol–water partition coefficient (Wildman–Crippen LogP) is 1.76. The number of nitrogens with one attached hydrogen (secondary N) is 3. The Balaban J connectivity index is 1.96. The van der Waals surface area contributed by atoms with E-state index in [0.29, 0.717) is 50.7 Å². The maximum atomic E-state index is 14.6. The number of piperidine rings is 1. The minimum atomic E-state index is -0.292. The van der Waals surface area contributed by atoms with Gasteiger partial charge in [0.25, 0.3) is 0 Å². The highest BCUT2D eigenvalue weighted by Gasteiger charge is 2.19. The quantitative estimate of drug-likeness (QED) is 0.426. The summed E-state index contributed by atoms with van der Waals surface area (Å²) in [5, 5.41) is 18.6. The van der Waals surface area contributed by atoms with Gasteiger partial charge in [-0.25, -0.2) is 9.38 Å². The number of anilines is 1. The number of carbonyl (C=O) groups is 1. The summed E-state index contributed by atoms with van der Waals surface area (Å²) in [7, 11) is 0. The number of rotatable bonds is 6. The molecule has 0 saturated carbocycles. The molecule has 0 aromatic heterocycles. The van der Waals surface area contributed by atoms with Gasteiger partial charge in [0.2, 0.25) is 5.91 Å². The van der Waals surface area contributed by atoms with Crippen LogP contribution in [0.4, 0.5) is 10.1 Å². The van der Waals surface area contributed by atoms with Crippen molar-refractivity contribution >= 4 is 17.6 Å². The molecule has 1 aromatic carbocycles. The summed E-state index contributed by atoms with van der Waals surface area (Å²) in [6.45, 7) is 10.1. The van der Waals surface area contributed by atoms with Gasteiger partial charge in [0.15, 0.2) is 5.96 Å². The Morgan fingerprint density at radius 3 is 2.55 bits per heavy atom. The van der Waals surface area contributed by atoms with Crippen LogP contribution in [0.2, 0.25) is 0 Å². The number of nitrogens with zero attached hydrogens (tertiary/aromatic N) is 2. The summed E-state index contributed by atoms with van der Waals surface area (Å²) >= 11 is 0. The van der Waals surface area contributed by atoms with Crippen molar-refractivity contribution in [2.24, 2.45) is 4.99 Å². The van der Waals surface area contributed by atoms with E-state index in [2.05, 4.69) is 20.9 Å². The maximum absolute atomic E-state index is 14.6. The minimum absolute atomic E-state index is 0.108. The molecule has 2 rings (SSSR count). The first kappa shape index (κ1) is 22.9. The first-order valence-electron chi connectivity index (χ1n) is 10.2. The molecule has 1 aliphatic rings. The van der Waals surface area contributed by atoms with Crippen LogP contribution in [-0.2, 0) is 11.3 Å². The van der Waals surface area contributed by atoms with Crippen LogP contribution >= 0.6 is 0 Å². The predicted molar refractivity (Wildman–Crippen MR) is 115 cm³/mol. The molecule has 0 unspecified atom stereocenters. The van der Waals surface area contributed by atoms with E-state index >= 15 is 0 Å². The highest BCUT2D eigenvalue weighted by atomic mass is 19.1. The van der Waals surface area contributed by atoms with Crippen LogP contribution in [0.5, 0.6) is 0 Å². The zero-order chi connectivity index (χ0) is 21.4. The number of hydrogen-bond donors (Lipinski definition) is 4. The number of guanidine groups is 1. The van der Waals surface area contributed by atoms with Crippen molar-refractivity contribution in [3.05, 3.63) is 29.6 Å². The van der Waals surface area contributed by atoms with Crippen LogP contribution in [0, 0.1) is 5.82 Å². The zero-order valence-corrected chi connectivity index (χ0v) is 17.9. The monoisotopic (exact) mass is 407 g/mol. The van der Waals surface area contributed by atoms with Crippen molar-refractivity contribution in [2.45, 2.75) is 58.7 Å². The molecular weight excluding hydrogens is 373 g/mol. The second-order valence-electron chi connectivity index (χ2n) is 8.35. The van der Waals surface area contributed by atoms with Crippen LogP contribution in [0.3, 0.4) is 0 Å². The molecule has 0 aliphatic carbocycles. The molecule has 29 heavy (non-hydrogen) atoms. The fourth-order valence-corrected chi connectivity index (χ4v) is 3.15. The number of amides is 1. The lowest BCUT2D eigenvalue weighted by Crippen LogP contribution is -2.48. The van der Waals surface area contributed by atoms with E-state index in [-0.39, 0.29) is 29.9 Å². The third kappa shape index (κ3) is 7.89. The van der Waals surface area contributed by atoms with Crippen molar-refractivity contribution < 1.29 is 14.3 Å². The van der Waals surface area contributed by atoms with Crippen LogP contribution in [-0.4, -0.2) is 54.8 Å². The van der Waals surface area contributed by atoms with Crippen molar-refractivity contribution in [1.29, 1.82) is 0 Å². The standard InChI is InChI=1S/C21H34FN5O2/c1-5-23-20(25-14-19(29)26-21(2,3)4)24-13-15-6-7-18(17(22)12-15)27-10-8-16(28)9-11-27/h6-7,12,16,28H,5,8-11,13-14H2,1-4H3,(H,26,29)(H2,23,24,25). The van der Waals surface area contributed by atoms with Gasteiger partial charge in [0.05, 0.1) is 24.9 Å². The van der Waals surface area contributed by atoms with E-state index in [0.717, 1.165) is 5.56 Å². The molecule has 162 valence electrons. The SMILES string of the molecule is CCNC(=NCc1ccc(N2CCC(O)CC2)c(F)c1)NCC(=O)NC(C)(C)C. The Morgan fingerprint density at radius 1 is 1.28 bits per heavy atom. The van der Waals surface area contributed by atoms with Gasteiger partial charge in [0.1, 0.15) is 5.82 Å². The fraction of sp³-hybridized carbons (Fsp3) is 0.619. The van der Waals surface area contributed by atoms with Gasteiger partial charge in [-0.1, -0.05) is 6.07 Å². The number of aliphatic hydroxyl groups is 1. The van der Waals surface area contributed by atoms with Crippen molar-refractivity contribution in [3.8, 4) is 0 Å². The molecule has 0 radical (unpaired) electrons. The van der Waals surface area contributed by atoms with E-state index in [4.69, 9.17) is 0 Å².